The molecule has 1 heterocycles. The number of hydrogen-bond donors (Lipinski definition) is 1. The van der Waals surface area contributed by atoms with Crippen molar-refractivity contribution in [3.63, 3.8) is 0 Å². The lowest BCUT2D eigenvalue weighted by Gasteiger charge is -1.99. The van der Waals surface area contributed by atoms with E-state index in [1.54, 1.807) is 24.3 Å². The lowest BCUT2D eigenvalue weighted by atomic mass is 10.2. The Morgan fingerprint density at radius 2 is 2.10 bits per heavy atom. The monoisotopic (exact) mass is 350 g/mol. The molecule has 6 heteroatoms. The van der Waals surface area contributed by atoms with Crippen LogP contribution in [0, 0.1) is 0 Å². The summed E-state index contributed by atoms with van der Waals surface area (Å²) in [6, 6.07) is 10.7. The third-order valence-corrected chi connectivity index (χ3v) is 3.59. The molecule has 3 rings (SSSR count). The van der Waals surface area contributed by atoms with Gasteiger partial charge in [0.25, 0.3) is 0 Å². The molecule has 0 aliphatic heterocycles. The molecule has 0 fully saturated rings. The van der Waals surface area contributed by atoms with Gasteiger partial charge in [0, 0.05) is 10.2 Å². The molecule has 0 unspecified atom stereocenters. The quantitative estimate of drug-likeness (QED) is 0.708. The fraction of sp³-hybridized carbons (Fsp3) is 0. The van der Waals surface area contributed by atoms with Crippen molar-refractivity contribution in [3.05, 3.63) is 45.9 Å². The molecule has 3 aromatic rings. The van der Waals surface area contributed by atoms with Crippen LogP contribution in [0.4, 0.5) is 5.69 Å². The van der Waals surface area contributed by atoms with Gasteiger partial charge in [-0.1, -0.05) is 27.5 Å². The lowest BCUT2D eigenvalue weighted by molar-refractivity contribution is -0.105. The molecule has 0 saturated heterocycles. The zero-order valence-corrected chi connectivity index (χ0v) is 12.4. The van der Waals surface area contributed by atoms with Gasteiger partial charge in [-0.25, -0.2) is 4.98 Å². The third-order valence-electron chi connectivity index (χ3n) is 2.77. The van der Waals surface area contributed by atoms with Gasteiger partial charge in [0.05, 0.1) is 10.6 Å². The number of aromatic nitrogens is 1. The molecule has 20 heavy (non-hydrogen) atoms. The Labute approximate surface area is 127 Å². The summed E-state index contributed by atoms with van der Waals surface area (Å²) >= 11 is 9.55. The summed E-state index contributed by atoms with van der Waals surface area (Å²) in [4.78, 5) is 14.8. The van der Waals surface area contributed by atoms with E-state index in [4.69, 9.17) is 16.0 Å². The Hall–Kier alpha value is -1.85. The molecule has 2 aromatic carbocycles. The predicted molar refractivity (Wildman–Crippen MR) is 81.8 cm³/mol. The lowest BCUT2D eigenvalue weighted by Crippen LogP contribution is -1.92. The Balaban J connectivity index is 2.12. The normalized spacial score (nSPS) is 10.7. The number of carbonyl (C=O) groups is 1. The van der Waals surface area contributed by atoms with Crippen LogP contribution >= 0.6 is 27.5 Å². The molecule has 0 saturated carbocycles. The minimum atomic E-state index is 0.439. The summed E-state index contributed by atoms with van der Waals surface area (Å²) in [7, 11) is 0. The summed E-state index contributed by atoms with van der Waals surface area (Å²) in [6.45, 7) is 0. The molecule has 0 spiro atoms. The number of oxazole rings is 1. The van der Waals surface area contributed by atoms with E-state index in [-0.39, 0.29) is 0 Å². The van der Waals surface area contributed by atoms with Crippen LogP contribution in [0.25, 0.3) is 22.6 Å². The standard InChI is InChI=1S/C14H8BrClN2O2/c15-8-1-3-11(16)10(5-8)14-18-12-6-9(17-7-19)2-4-13(12)20-14/h1-7H,(H,17,19). The number of rotatable bonds is 3. The second-order valence-corrected chi connectivity index (χ2v) is 5.41. The fourth-order valence-electron chi connectivity index (χ4n) is 1.86. The first kappa shape index (κ1) is 13.1. The van der Waals surface area contributed by atoms with Crippen LogP contribution in [0.5, 0.6) is 0 Å². The molecule has 100 valence electrons. The second-order valence-electron chi connectivity index (χ2n) is 4.09. The number of carbonyl (C=O) groups excluding carboxylic acids is 1. The highest BCUT2D eigenvalue weighted by Crippen LogP contribution is 2.32. The Kier molecular flexibility index (Phi) is 3.46. The van der Waals surface area contributed by atoms with Gasteiger partial charge in [0.2, 0.25) is 12.3 Å². The van der Waals surface area contributed by atoms with E-state index in [9.17, 15) is 4.79 Å². The zero-order valence-electron chi connectivity index (χ0n) is 10.1. The van der Waals surface area contributed by atoms with Gasteiger partial charge >= 0.3 is 0 Å². The summed E-state index contributed by atoms with van der Waals surface area (Å²) in [6.07, 6.45) is 0.618. The Morgan fingerprint density at radius 3 is 2.90 bits per heavy atom. The van der Waals surface area contributed by atoms with Crippen LogP contribution in [0.15, 0.2) is 45.3 Å². The molecule has 4 nitrogen and oxygen atoms in total. The van der Waals surface area contributed by atoms with Crippen LogP contribution in [0.3, 0.4) is 0 Å². The number of nitrogens with zero attached hydrogens (tertiary/aromatic N) is 1. The van der Waals surface area contributed by atoms with Gasteiger partial charge in [-0.15, -0.1) is 0 Å². The van der Waals surface area contributed by atoms with Gasteiger partial charge in [0.1, 0.15) is 5.52 Å². The highest BCUT2D eigenvalue weighted by molar-refractivity contribution is 9.10. The van der Waals surface area contributed by atoms with Crippen molar-refractivity contribution in [2.24, 2.45) is 0 Å². The van der Waals surface area contributed by atoms with Gasteiger partial charge < -0.3 is 9.73 Å². The van der Waals surface area contributed by atoms with Crippen molar-refractivity contribution in [2.75, 3.05) is 5.32 Å². The molecular formula is C14H8BrClN2O2. The molecule has 0 aliphatic carbocycles. The van der Waals surface area contributed by atoms with E-state index in [2.05, 4.69) is 26.2 Å². The van der Waals surface area contributed by atoms with Crippen molar-refractivity contribution in [2.45, 2.75) is 0 Å². The molecule has 0 aliphatic rings. The van der Waals surface area contributed by atoms with Crippen LogP contribution in [-0.2, 0) is 4.79 Å². The van der Waals surface area contributed by atoms with E-state index < -0.39 is 0 Å². The Bertz CT molecular complexity index is 801. The van der Waals surface area contributed by atoms with Crippen LogP contribution in [-0.4, -0.2) is 11.4 Å². The maximum absolute atomic E-state index is 10.4. The molecule has 1 aromatic heterocycles. The van der Waals surface area contributed by atoms with E-state index in [0.29, 0.717) is 39.7 Å². The fourth-order valence-corrected chi connectivity index (χ4v) is 2.42. The molecule has 1 amide bonds. The third kappa shape index (κ3) is 2.42. The van der Waals surface area contributed by atoms with Crippen molar-refractivity contribution in [3.8, 4) is 11.5 Å². The smallest absolute Gasteiger partial charge is 0.228 e. The van der Waals surface area contributed by atoms with Gasteiger partial charge in [-0.05, 0) is 36.4 Å². The number of anilines is 1. The minimum Gasteiger partial charge on any atom is -0.436 e. The van der Waals surface area contributed by atoms with Crippen LogP contribution in [0.1, 0.15) is 0 Å². The summed E-state index contributed by atoms with van der Waals surface area (Å²) in [5, 5.41) is 3.13. The average molecular weight is 352 g/mol. The van der Waals surface area contributed by atoms with Crippen molar-refractivity contribution < 1.29 is 9.21 Å². The Morgan fingerprint density at radius 1 is 1.25 bits per heavy atom. The highest BCUT2D eigenvalue weighted by Gasteiger charge is 2.12. The largest absolute Gasteiger partial charge is 0.436 e. The first-order valence-corrected chi connectivity index (χ1v) is 6.90. The molecule has 0 bridgehead atoms. The summed E-state index contributed by atoms with van der Waals surface area (Å²) in [5.74, 6) is 0.439. The maximum Gasteiger partial charge on any atom is 0.228 e. The number of nitrogens with one attached hydrogen (secondary N) is 1. The second kappa shape index (κ2) is 5.26. The summed E-state index contributed by atoms with van der Waals surface area (Å²) in [5.41, 5.74) is 2.66. The number of hydrogen-bond acceptors (Lipinski definition) is 3. The first-order chi connectivity index (χ1) is 9.67. The minimum absolute atomic E-state index is 0.439. The zero-order chi connectivity index (χ0) is 14.1. The topological polar surface area (TPSA) is 55.1 Å². The van der Waals surface area contributed by atoms with Gasteiger partial charge in [-0.3, -0.25) is 4.79 Å². The summed E-state index contributed by atoms with van der Waals surface area (Å²) < 4.78 is 6.58. The SMILES string of the molecule is O=CNc1ccc2oc(-c3cc(Br)ccc3Cl)nc2c1. The number of benzene rings is 2. The van der Waals surface area contributed by atoms with Crippen molar-refractivity contribution >= 4 is 50.7 Å². The number of amides is 1. The van der Waals surface area contributed by atoms with Crippen LogP contribution in [0.2, 0.25) is 5.02 Å². The van der Waals surface area contributed by atoms with E-state index in [0.717, 1.165) is 4.47 Å². The maximum atomic E-state index is 10.4. The molecule has 0 radical (unpaired) electrons. The predicted octanol–water partition coefficient (Wildman–Crippen LogP) is 4.48. The molecular weight excluding hydrogens is 344 g/mol. The van der Waals surface area contributed by atoms with E-state index in [1.807, 2.05) is 12.1 Å². The van der Waals surface area contributed by atoms with Crippen molar-refractivity contribution in [1.29, 1.82) is 0 Å². The number of halogens is 2. The number of fused-ring (bicyclic) bond motifs is 1. The average Bonchev–Trinajstić information content (AvgIpc) is 2.85. The first-order valence-electron chi connectivity index (χ1n) is 5.73. The van der Waals surface area contributed by atoms with Gasteiger partial charge in [-0.2, -0.15) is 0 Å². The molecule has 0 atom stereocenters. The van der Waals surface area contributed by atoms with Crippen molar-refractivity contribution in [1.82, 2.24) is 4.98 Å². The van der Waals surface area contributed by atoms with Gasteiger partial charge in [0.15, 0.2) is 5.58 Å². The van der Waals surface area contributed by atoms with E-state index >= 15 is 0 Å². The van der Waals surface area contributed by atoms with Crippen LogP contribution < -0.4 is 5.32 Å². The van der Waals surface area contributed by atoms with E-state index in [1.165, 1.54) is 0 Å². The molecule has 1 N–H and O–H groups in total. The highest BCUT2D eigenvalue weighted by atomic mass is 79.9.